The summed E-state index contributed by atoms with van der Waals surface area (Å²) in [6.45, 7) is 4.55. The van der Waals surface area contributed by atoms with E-state index in [1.54, 1.807) is 6.20 Å². The molecule has 41 heavy (non-hydrogen) atoms. The molecule has 3 aromatic rings. The summed E-state index contributed by atoms with van der Waals surface area (Å²) >= 11 is 1.43. The number of halogens is 1. The molecule has 7 nitrogen and oxygen atoms in total. The molecule has 1 fully saturated rings. The van der Waals surface area contributed by atoms with Crippen molar-refractivity contribution in [1.82, 2.24) is 15.6 Å². The number of nitrogens with one attached hydrogen (secondary N) is 2. The summed E-state index contributed by atoms with van der Waals surface area (Å²) in [5.74, 6) is 0.731. The smallest absolute Gasteiger partial charge is 0.246 e. The summed E-state index contributed by atoms with van der Waals surface area (Å²) in [7, 11) is 1.45. The molecule has 1 aliphatic heterocycles. The number of hydrogen-bond donors (Lipinski definition) is 3. The van der Waals surface area contributed by atoms with Crippen LogP contribution in [0.1, 0.15) is 62.3 Å². The van der Waals surface area contributed by atoms with Gasteiger partial charge in [-0.2, -0.15) is 0 Å². The minimum absolute atomic E-state index is 0.0156. The van der Waals surface area contributed by atoms with Crippen LogP contribution in [0.15, 0.2) is 48.0 Å². The molecule has 1 aromatic heterocycles. The zero-order chi connectivity index (χ0) is 29.0. The Morgan fingerprint density at radius 2 is 2.05 bits per heavy atom. The molecule has 0 unspecified atom stereocenters. The Bertz CT molecular complexity index is 1330. The molecule has 0 saturated heterocycles. The normalized spacial score (nSPS) is 18.8. The number of rotatable bonds is 12. The van der Waals surface area contributed by atoms with E-state index in [2.05, 4.69) is 47.7 Å². The minimum atomic E-state index is -0.926. The zero-order valence-corrected chi connectivity index (χ0v) is 24.8. The van der Waals surface area contributed by atoms with Gasteiger partial charge in [-0.3, -0.25) is 4.79 Å². The molecule has 2 aromatic carbocycles. The van der Waals surface area contributed by atoms with Gasteiger partial charge in [0.2, 0.25) is 5.91 Å². The second-order valence-electron chi connectivity index (χ2n) is 11.8. The third kappa shape index (κ3) is 7.33. The number of thiazole rings is 1. The quantitative estimate of drug-likeness (QED) is 0.272. The van der Waals surface area contributed by atoms with E-state index in [0.29, 0.717) is 22.1 Å². The first-order valence-corrected chi connectivity index (χ1v) is 15.3. The number of fused-ring (bicyclic) bond motifs is 1. The molecule has 1 amide bonds. The van der Waals surface area contributed by atoms with Gasteiger partial charge in [0.25, 0.3) is 0 Å². The van der Waals surface area contributed by atoms with Crippen molar-refractivity contribution in [3.63, 3.8) is 0 Å². The maximum absolute atomic E-state index is 14.6. The number of amides is 1. The summed E-state index contributed by atoms with van der Waals surface area (Å²) in [5.41, 5.74) is 3.57. The zero-order valence-electron chi connectivity index (χ0n) is 24.0. The Kier molecular flexibility index (Phi) is 9.38. The Labute approximate surface area is 245 Å². The van der Waals surface area contributed by atoms with Gasteiger partial charge in [0.05, 0.1) is 12.1 Å². The molecule has 2 aliphatic rings. The van der Waals surface area contributed by atoms with E-state index in [-0.39, 0.29) is 42.9 Å². The fourth-order valence-corrected chi connectivity index (χ4v) is 6.58. The first kappa shape index (κ1) is 29.6. The third-order valence-corrected chi connectivity index (χ3v) is 8.84. The van der Waals surface area contributed by atoms with Crippen molar-refractivity contribution in [2.24, 2.45) is 5.92 Å². The average Bonchev–Trinajstić information content (AvgIpc) is 3.45. The van der Waals surface area contributed by atoms with Crippen molar-refractivity contribution in [3.05, 3.63) is 70.5 Å². The molecule has 0 bridgehead atoms. The number of methoxy groups -OCH3 is 1. The van der Waals surface area contributed by atoms with Gasteiger partial charge in [-0.15, -0.1) is 11.3 Å². The lowest BCUT2D eigenvalue weighted by molar-refractivity contribution is -0.126. The van der Waals surface area contributed by atoms with Crippen LogP contribution in [-0.4, -0.2) is 54.0 Å². The maximum Gasteiger partial charge on any atom is 0.246 e. The summed E-state index contributed by atoms with van der Waals surface area (Å²) < 4.78 is 26.1. The third-order valence-electron chi connectivity index (χ3n) is 8.01. The number of nitrogens with zero attached hydrogens (tertiary/aromatic N) is 1. The molecule has 1 spiro atoms. The Hall–Kier alpha value is -2.85. The van der Waals surface area contributed by atoms with Crippen LogP contribution >= 0.6 is 11.3 Å². The highest BCUT2D eigenvalue weighted by atomic mass is 32.1. The van der Waals surface area contributed by atoms with Crippen LogP contribution in [0.2, 0.25) is 0 Å². The number of carbonyl (C=O) groups is 1. The van der Waals surface area contributed by atoms with Crippen LogP contribution in [0.3, 0.4) is 0 Å². The second kappa shape index (κ2) is 13.0. The van der Waals surface area contributed by atoms with Gasteiger partial charge < -0.3 is 25.2 Å². The molecular weight excluding hydrogens is 541 g/mol. The van der Waals surface area contributed by atoms with Crippen LogP contribution in [0, 0.1) is 11.7 Å². The lowest BCUT2D eigenvalue weighted by Crippen LogP contribution is -2.52. The van der Waals surface area contributed by atoms with Gasteiger partial charge in [-0.05, 0) is 73.4 Å². The number of ether oxygens (including phenoxy) is 2. The summed E-state index contributed by atoms with van der Waals surface area (Å²) in [6, 6.07) is 10.6. The molecule has 2 heterocycles. The Morgan fingerprint density at radius 1 is 1.22 bits per heavy atom. The number of aromatic nitrogens is 1. The predicted molar refractivity (Wildman–Crippen MR) is 159 cm³/mol. The maximum atomic E-state index is 14.6. The molecule has 9 heteroatoms. The van der Waals surface area contributed by atoms with Crippen molar-refractivity contribution in [2.45, 2.75) is 76.2 Å². The number of aliphatic hydroxyl groups excluding tert-OH is 1. The second-order valence-corrected chi connectivity index (χ2v) is 12.7. The predicted octanol–water partition coefficient (Wildman–Crippen LogP) is 5.22. The molecule has 3 N–H and O–H groups in total. The molecule has 220 valence electrons. The number of hydrogen-bond acceptors (Lipinski definition) is 7. The van der Waals surface area contributed by atoms with E-state index in [0.717, 1.165) is 43.4 Å². The first-order chi connectivity index (χ1) is 19.7. The Balaban J connectivity index is 1.34. The van der Waals surface area contributed by atoms with E-state index < -0.39 is 12.1 Å². The minimum Gasteiger partial charge on any atom is -0.487 e. The molecule has 1 saturated carbocycles. The van der Waals surface area contributed by atoms with E-state index in [9.17, 15) is 14.3 Å². The standard InChI is InChI=1S/C32H40FN3O4S/c1-20(2)11-21-5-6-29-25(14-21)27(17-32(40-29)7-4-8-32)35-18-28(37)26(36-30(38)19-39-3)15-22-12-23(16-24(33)13-22)31-34-9-10-41-31/h5-6,9-10,12-14,16,20,26-28,35,37H,4,7-8,11,15,17-19H2,1-3H3,(H,36,38)/t26-,27-,28+/m0/s1. The fraction of sp³-hybridized carbons (Fsp3) is 0.500. The van der Waals surface area contributed by atoms with Gasteiger partial charge >= 0.3 is 0 Å². The van der Waals surface area contributed by atoms with Crippen molar-refractivity contribution in [1.29, 1.82) is 0 Å². The van der Waals surface area contributed by atoms with Crippen LogP contribution in [-0.2, 0) is 22.4 Å². The van der Waals surface area contributed by atoms with E-state index in [1.165, 1.54) is 36.1 Å². The van der Waals surface area contributed by atoms with Crippen LogP contribution in [0.5, 0.6) is 5.75 Å². The van der Waals surface area contributed by atoms with E-state index >= 15 is 0 Å². The van der Waals surface area contributed by atoms with Crippen molar-refractivity contribution < 1.29 is 23.8 Å². The highest BCUT2D eigenvalue weighted by Gasteiger charge is 2.45. The molecule has 5 rings (SSSR count). The molecule has 1 aliphatic carbocycles. The average molecular weight is 582 g/mol. The van der Waals surface area contributed by atoms with E-state index in [4.69, 9.17) is 9.47 Å². The fourth-order valence-electron chi connectivity index (χ4n) is 5.96. The van der Waals surface area contributed by atoms with Gasteiger partial charge in [-0.1, -0.05) is 26.0 Å². The molecule has 3 atom stereocenters. The Morgan fingerprint density at radius 3 is 2.73 bits per heavy atom. The largest absolute Gasteiger partial charge is 0.487 e. The lowest BCUT2D eigenvalue weighted by atomic mass is 9.72. The molecule has 0 radical (unpaired) electrons. The summed E-state index contributed by atoms with van der Waals surface area (Å²) in [4.78, 5) is 16.8. The van der Waals surface area contributed by atoms with Crippen molar-refractivity contribution in [3.8, 4) is 16.3 Å². The topological polar surface area (TPSA) is 92.7 Å². The highest BCUT2D eigenvalue weighted by molar-refractivity contribution is 7.13. The van der Waals surface area contributed by atoms with Crippen LogP contribution in [0.25, 0.3) is 10.6 Å². The van der Waals surface area contributed by atoms with Gasteiger partial charge in [0.15, 0.2) is 0 Å². The molecular formula is C32H40FN3O4S. The van der Waals surface area contributed by atoms with Crippen molar-refractivity contribution >= 4 is 17.2 Å². The van der Waals surface area contributed by atoms with Gasteiger partial charge in [-0.25, -0.2) is 9.37 Å². The van der Waals surface area contributed by atoms with Crippen molar-refractivity contribution in [2.75, 3.05) is 20.3 Å². The van der Waals surface area contributed by atoms with Gasteiger partial charge in [0.1, 0.15) is 28.8 Å². The highest BCUT2D eigenvalue weighted by Crippen LogP contribution is 2.49. The number of aliphatic hydroxyl groups is 1. The van der Waals surface area contributed by atoms with Gasteiger partial charge in [0, 0.05) is 48.8 Å². The number of benzene rings is 2. The summed E-state index contributed by atoms with van der Waals surface area (Å²) in [6.07, 6.45) is 6.03. The lowest BCUT2D eigenvalue weighted by Gasteiger charge is -2.48. The SMILES string of the molecule is COCC(=O)N[C@@H](Cc1cc(F)cc(-c2nccs2)c1)[C@H](O)CN[C@H]1CC2(CCC2)Oc2ccc(CC(C)C)cc21. The number of carbonyl (C=O) groups excluding carboxylic acids is 1. The summed E-state index contributed by atoms with van der Waals surface area (Å²) in [5, 5.41) is 20.5. The first-order valence-electron chi connectivity index (χ1n) is 14.4. The van der Waals surface area contributed by atoms with Crippen LogP contribution < -0.4 is 15.4 Å². The van der Waals surface area contributed by atoms with Crippen LogP contribution in [0.4, 0.5) is 4.39 Å². The monoisotopic (exact) mass is 581 g/mol. The van der Waals surface area contributed by atoms with E-state index in [1.807, 2.05) is 11.4 Å².